The van der Waals surface area contributed by atoms with E-state index in [-0.39, 0.29) is 0 Å². The van der Waals surface area contributed by atoms with Crippen molar-refractivity contribution in [3.8, 4) is 0 Å². The van der Waals surface area contributed by atoms with Gasteiger partial charge in [0.15, 0.2) is 17.4 Å². The highest BCUT2D eigenvalue weighted by atomic mass is 15.1. The Morgan fingerprint density at radius 3 is 1.98 bits per heavy atom. The topological polar surface area (TPSA) is 58.9 Å². The summed E-state index contributed by atoms with van der Waals surface area (Å²) in [5.41, 5.74) is 19.5. The lowest BCUT2D eigenvalue weighted by Crippen LogP contribution is -2.38. The highest BCUT2D eigenvalue weighted by Crippen LogP contribution is 2.25. The van der Waals surface area contributed by atoms with Crippen LogP contribution in [0.5, 0.6) is 0 Å². The first-order valence-corrected chi connectivity index (χ1v) is 16.2. The fourth-order valence-electron chi connectivity index (χ4n) is 6.66. The molecule has 2 heterocycles. The Morgan fingerprint density at radius 1 is 0.750 bits per heavy atom. The van der Waals surface area contributed by atoms with Gasteiger partial charge >= 0.3 is 0 Å². The molecule has 2 aliphatic rings. The zero-order valence-corrected chi connectivity index (χ0v) is 25.3. The second kappa shape index (κ2) is 15.8. The molecule has 0 saturated carbocycles. The average Bonchev–Trinajstić information content (AvgIpc) is 2.95. The van der Waals surface area contributed by atoms with Gasteiger partial charge in [-0.3, -0.25) is 0 Å². The third kappa shape index (κ3) is 8.32. The summed E-state index contributed by atoms with van der Waals surface area (Å²) < 4.78 is 5.02. The van der Waals surface area contributed by atoms with Crippen LogP contribution in [0, 0.1) is 6.92 Å². The summed E-state index contributed by atoms with van der Waals surface area (Å²) in [6.07, 6.45) is 29.1. The highest BCUT2D eigenvalue weighted by molar-refractivity contribution is 5.91. The highest BCUT2D eigenvalue weighted by Gasteiger charge is 2.32. The number of nitrogens with two attached hydrogens (primary N) is 2. The summed E-state index contributed by atoms with van der Waals surface area (Å²) in [6, 6.07) is 11.1. The van der Waals surface area contributed by atoms with Gasteiger partial charge in [0.05, 0.1) is 11.1 Å². The van der Waals surface area contributed by atoms with E-state index >= 15 is 0 Å². The third-order valence-electron chi connectivity index (χ3n) is 8.98. The molecule has 1 unspecified atom stereocenters. The maximum absolute atomic E-state index is 6.28. The molecular formula is C36H54N4+2. The second-order valence-corrected chi connectivity index (χ2v) is 12.1. The van der Waals surface area contributed by atoms with Gasteiger partial charge in [-0.05, 0) is 18.9 Å². The van der Waals surface area contributed by atoms with Gasteiger partial charge in [-0.1, -0.05) is 94.6 Å². The molecule has 0 fully saturated rings. The zero-order chi connectivity index (χ0) is 28.2. The normalized spacial score (nSPS) is 16.8. The van der Waals surface area contributed by atoms with Gasteiger partial charge in [0.1, 0.15) is 13.1 Å². The molecule has 1 aliphatic heterocycles. The quantitative estimate of drug-likeness (QED) is 0.157. The Balaban J connectivity index is 0.966. The molecule has 216 valence electrons. The fourth-order valence-corrected chi connectivity index (χ4v) is 6.66. The van der Waals surface area contributed by atoms with Crippen molar-refractivity contribution < 1.29 is 9.14 Å². The zero-order valence-electron chi connectivity index (χ0n) is 25.3. The number of nitrogen functional groups attached to an aromatic ring is 1. The van der Waals surface area contributed by atoms with Crippen molar-refractivity contribution in [3.05, 3.63) is 71.6 Å². The molecule has 0 radical (unpaired) electrons. The molecule has 1 aromatic heterocycles. The number of nitrogens with zero attached hydrogens (tertiary/aromatic N) is 2. The van der Waals surface area contributed by atoms with Crippen molar-refractivity contribution >= 4 is 22.3 Å². The molecule has 40 heavy (non-hydrogen) atoms. The van der Waals surface area contributed by atoms with E-state index in [0.29, 0.717) is 6.04 Å². The predicted molar refractivity (Wildman–Crippen MR) is 172 cm³/mol. The summed E-state index contributed by atoms with van der Waals surface area (Å²) in [5, 5.41) is 1.17. The SMILES string of the molecule is CC1=[N+](CCCCCCCCCCCCCCCC[n+]2c(C)cc(N)c3ccccc32)C2CC=CC=C2C(N)=C1. The molecule has 1 aliphatic carbocycles. The van der Waals surface area contributed by atoms with Crippen LogP contribution >= 0.6 is 0 Å². The van der Waals surface area contributed by atoms with Gasteiger partial charge < -0.3 is 11.5 Å². The molecule has 2 aromatic rings. The Morgan fingerprint density at radius 2 is 1.32 bits per heavy atom. The Bertz CT molecular complexity index is 1230. The first-order chi connectivity index (χ1) is 19.6. The molecule has 0 saturated heterocycles. The van der Waals surface area contributed by atoms with Crippen LogP contribution in [0.3, 0.4) is 0 Å². The van der Waals surface area contributed by atoms with Gasteiger partial charge in [-0.25, -0.2) is 4.58 Å². The van der Waals surface area contributed by atoms with Crippen LogP contribution in [0.1, 0.15) is 109 Å². The first-order valence-electron chi connectivity index (χ1n) is 16.2. The Labute approximate surface area is 243 Å². The van der Waals surface area contributed by atoms with Crippen molar-refractivity contribution in [2.24, 2.45) is 5.73 Å². The number of aromatic nitrogens is 1. The number of anilines is 1. The number of aryl methyl sites for hydroxylation is 2. The smallest absolute Gasteiger partial charge is 0.214 e. The molecule has 0 spiro atoms. The molecule has 4 rings (SSSR count). The van der Waals surface area contributed by atoms with Crippen LogP contribution in [-0.2, 0) is 6.54 Å². The predicted octanol–water partition coefficient (Wildman–Crippen LogP) is 8.06. The fraction of sp³-hybridized carbons (Fsp3) is 0.556. The molecule has 0 amide bonds. The van der Waals surface area contributed by atoms with Gasteiger partial charge in [0.2, 0.25) is 5.52 Å². The van der Waals surface area contributed by atoms with Crippen molar-refractivity contribution in [2.75, 3.05) is 12.3 Å². The number of rotatable bonds is 17. The summed E-state index contributed by atoms with van der Waals surface area (Å²) in [7, 11) is 0. The van der Waals surface area contributed by atoms with Crippen LogP contribution in [0.4, 0.5) is 5.69 Å². The number of hydrogen-bond acceptors (Lipinski definition) is 2. The number of hydrogen-bond donors (Lipinski definition) is 2. The maximum Gasteiger partial charge on any atom is 0.214 e. The molecule has 1 aromatic carbocycles. The van der Waals surface area contributed by atoms with Gasteiger partial charge in [-0.15, -0.1) is 0 Å². The maximum atomic E-state index is 6.28. The van der Waals surface area contributed by atoms with Crippen LogP contribution < -0.4 is 16.0 Å². The largest absolute Gasteiger partial charge is 0.398 e. The first kappa shape index (κ1) is 30.1. The van der Waals surface area contributed by atoms with Crippen molar-refractivity contribution in [3.63, 3.8) is 0 Å². The molecule has 4 N–H and O–H groups in total. The van der Waals surface area contributed by atoms with Crippen LogP contribution in [0.2, 0.25) is 0 Å². The van der Waals surface area contributed by atoms with Crippen LogP contribution in [0.15, 0.2) is 65.9 Å². The number of fused-ring (bicyclic) bond motifs is 2. The molecule has 1 atom stereocenters. The number of allylic oxidation sites excluding steroid dienone is 3. The van der Waals surface area contributed by atoms with Crippen molar-refractivity contribution in [1.82, 2.24) is 0 Å². The average molecular weight is 543 g/mol. The number of para-hydroxylation sites is 1. The van der Waals surface area contributed by atoms with E-state index in [1.165, 1.54) is 118 Å². The van der Waals surface area contributed by atoms with E-state index < -0.39 is 0 Å². The van der Waals surface area contributed by atoms with Crippen molar-refractivity contribution in [2.45, 2.75) is 123 Å². The lowest BCUT2D eigenvalue weighted by molar-refractivity contribution is -0.677. The van der Waals surface area contributed by atoms with E-state index in [0.717, 1.165) is 30.9 Å². The number of pyridine rings is 1. The van der Waals surface area contributed by atoms with E-state index in [2.05, 4.69) is 77.6 Å². The van der Waals surface area contributed by atoms with E-state index in [4.69, 9.17) is 11.5 Å². The van der Waals surface area contributed by atoms with Crippen molar-refractivity contribution in [1.29, 1.82) is 0 Å². The molecule has 4 heteroatoms. The minimum Gasteiger partial charge on any atom is -0.398 e. The Kier molecular flexibility index (Phi) is 11.9. The van der Waals surface area contributed by atoms with Crippen LogP contribution in [0.25, 0.3) is 10.9 Å². The number of unbranched alkanes of at least 4 members (excludes halogenated alkanes) is 13. The lowest BCUT2D eigenvalue weighted by Gasteiger charge is -2.25. The summed E-state index contributed by atoms with van der Waals surface area (Å²) in [5.74, 6) is 0. The second-order valence-electron chi connectivity index (χ2n) is 12.1. The minimum atomic E-state index is 0.452. The van der Waals surface area contributed by atoms with Gasteiger partial charge in [-0.2, -0.15) is 4.57 Å². The number of benzene rings is 1. The third-order valence-corrected chi connectivity index (χ3v) is 8.98. The van der Waals surface area contributed by atoms with E-state index in [1.807, 2.05) is 0 Å². The molecule has 0 bridgehead atoms. The summed E-state index contributed by atoms with van der Waals surface area (Å²) >= 11 is 0. The van der Waals surface area contributed by atoms with E-state index in [9.17, 15) is 0 Å². The summed E-state index contributed by atoms with van der Waals surface area (Å²) in [6.45, 7) is 6.63. The minimum absolute atomic E-state index is 0.452. The molecular weight excluding hydrogens is 488 g/mol. The monoisotopic (exact) mass is 542 g/mol. The molecule has 4 nitrogen and oxygen atoms in total. The summed E-state index contributed by atoms with van der Waals surface area (Å²) in [4.78, 5) is 0. The van der Waals surface area contributed by atoms with Gasteiger partial charge in [0.25, 0.3) is 0 Å². The van der Waals surface area contributed by atoms with E-state index in [1.54, 1.807) is 0 Å². The lowest BCUT2D eigenvalue weighted by atomic mass is 9.92. The Hall–Kier alpha value is -2.88. The standard InChI is InChI=1S/C36H52N4/c1-29-27-33(37)31-21-15-17-23-35(31)39(29)25-19-13-11-9-7-5-3-4-6-8-10-12-14-20-26-40-30(2)28-34(38)32-22-16-18-24-36(32)40/h15-18,21-23,27-28,36-38H,3-14,19-20,24-26H2,1-2H3/p+2. The van der Waals surface area contributed by atoms with Crippen LogP contribution in [-0.4, -0.2) is 22.9 Å². The van der Waals surface area contributed by atoms with Gasteiger partial charge in [0, 0.05) is 62.6 Å².